The molecule has 4 heteroatoms. The lowest BCUT2D eigenvalue weighted by Crippen LogP contribution is -2.31. The van der Waals surface area contributed by atoms with Gasteiger partial charge in [0.05, 0.1) is 12.5 Å². The topological polar surface area (TPSA) is 39.1 Å². The van der Waals surface area contributed by atoms with Crippen LogP contribution in [0, 0.1) is 11.3 Å². The van der Waals surface area contributed by atoms with Crippen molar-refractivity contribution in [2.24, 2.45) is 0 Å². The molecule has 1 aromatic carbocycles. The Bertz CT molecular complexity index is 451. The largest absolute Gasteiger partial charge is 0.368 e. The van der Waals surface area contributed by atoms with Gasteiger partial charge in [0.15, 0.2) is 0 Å². The summed E-state index contributed by atoms with van der Waals surface area (Å²) in [4.78, 5) is 2.20. The first kappa shape index (κ1) is 15.8. The van der Waals surface area contributed by atoms with Crippen LogP contribution in [0.4, 0.5) is 5.69 Å². The Hall–Kier alpha value is -1.24. The molecule has 1 unspecified atom stereocenters. The van der Waals surface area contributed by atoms with Crippen molar-refractivity contribution in [3.63, 3.8) is 0 Å². The molecule has 104 valence electrons. The van der Waals surface area contributed by atoms with Crippen LogP contribution in [0.25, 0.3) is 0 Å². The summed E-state index contributed by atoms with van der Waals surface area (Å²) in [5.41, 5.74) is 2.17. The third-order valence-corrected chi connectivity index (χ3v) is 3.63. The molecule has 19 heavy (non-hydrogen) atoms. The van der Waals surface area contributed by atoms with E-state index in [0.717, 1.165) is 22.8 Å². The predicted octanol–water partition coefficient (Wildman–Crippen LogP) is 3.75. The van der Waals surface area contributed by atoms with Crippen LogP contribution in [0.3, 0.4) is 0 Å². The van der Waals surface area contributed by atoms with Crippen LogP contribution in [-0.2, 0) is 0 Å². The SMILES string of the molecule is CNC(C)c1ccc(N(CCC#N)C(C)C)cc1Cl. The maximum Gasteiger partial charge on any atom is 0.0640 e. The minimum atomic E-state index is 0.230. The summed E-state index contributed by atoms with van der Waals surface area (Å²) >= 11 is 6.35. The van der Waals surface area contributed by atoms with E-state index >= 15 is 0 Å². The van der Waals surface area contributed by atoms with Crippen molar-refractivity contribution in [3.05, 3.63) is 28.8 Å². The first-order chi connectivity index (χ1) is 9.01. The van der Waals surface area contributed by atoms with Crippen molar-refractivity contribution < 1.29 is 0 Å². The van der Waals surface area contributed by atoms with E-state index in [0.29, 0.717) is 12.5 Å². The second-order valence-corrected chi connectivity index (χ2v) is 5.32. The van der Waals surface area contributed by atoms with Crippen molar-refractivity contribution in [2.45, 2.75) is 39.3 Å². The van der Waals surface area contributed by atoms with Crippen LogP contribution in [0.15, 0.2) is 18.2 Å². The number of nitrogens with one attached hydrogen (secondary N) is 1. The highest BCUT2D eigenvalue weighted by atomic mass is 35.5. The predicted molar refractivity (Wildman–Crippen MR) is 81.6 cm³/mol. The van der Waals surface area contributed by atoms with E-state index in [1.807, 2.05) is 13.1 Å². The van der Waals surface area contributed by atoms with Gasteiger partial charge < -0.3 is 10.2 Å². The summed E-state index contributed by atoms with van der Waals surface area (Å²) in [5, 5.41) is 12.7. The van der Waals surface area contributed by atoms with Gasteiger partial charge in [0.2, 0.25) is 0 Å². The lowest BCUT2D eigenvalue weighted by molar-refractivity contribution is 0.651. The highest BCUT2D eigenvalue weighted by Gasteiger charge is 2.13. The minimum Gasteiger partial charge on any atom is -0.368 e. The number of hydrogen-bond donors (Lipinski definition) is 1. The fourth-order valence-corrected chi connectivity index (χ4v) is 2.40. The molecule has 1 rings (SSSR count). The van der Waals surface area contributed by atoms with E-state index in [9.17, 15) is 0 Å². The van der Waals surface area contributed by atoms with E-state index in [1.54, 1.807) is 0 Å². The van der Waals surface area contributed by atoms with E-state index < -0.39 is 0 Å². The van der Waals surface area contributed by atoms with Crippen LogP contribution in [0.1, 0.15) is 38.8 Å². The molecule has 3 nitrogen and oxygen atoms in total. The van der Waals surface area contributed by atoms with Crippen LogP contribution in [0.2, 0.25) is 5.02 Å². The number of nitrogens with zero attached hydrogens (tertiary/aromatic N) is 2. The lowest BCUT2D eigenvalue weighted by Gasteiger charge is -2.29. The molecule has 0 bridgehead atoms. The maximum absolute atomic E-state index is 8.74. The number of anilines is 1. The van der Waals surface area contributed by atoms with E-state index in [4.69, 9.17) is 16.9 Å². The summed E-state index contributed by atoms with van der Waals surface area (Å²) in [6.07, 6.45) is 0.518. The molecule has 1 N–H and O–H groups in total. The summed E-state index contributed by atoms with van der Waals surface area (Å²) < 4.78 is 0. The molecule has 0 saturated heterocycles. The second kappa shape index (κ2) is 7.37. The summed E-state index contributed by atoms with van der Waals surface area (Å²) in [6.45, 7) is 7.05. The molecule has 0 heterocycles. The molecule has 0 spiro atoms. The van der Waals surface area contributed by atoms with Crippen molar-refractivity contribution >= 4 is 17.3 Å². The third kappa shape index (κ3) is 4.12. The lowest BCUT2D eigenvalue weighted by atomic mass is 10.1. The molecule has 0 amide bonds. The monoisotopic (exact) mass is 279 g/mol. The third-order valence-electron chi connectivity index (χ3n) is 3.30. The van der Waals surface area contributed by atoms with E-state index in [1.165, 1.54) is 0 Å². The quantitative estimate of drug-likeness (QED) is 0.862. The van der Waals surface area contributed by atoms with Crippen molar-refractivity contribution in [3.8, 4) is 6.07 Å². The Morgan fingerprint density at radius 1 is 1.37 bits per heavy atom. The van der Waals surface area contributed by atoms with Crippen molar-refractivity contribution in [1.29, 1.82) is 5.26 Å². The van der Waals surface area contributed by atoms with Gasteiger partial charge in [0.1, 0.15) is 0 Å². The molecule has 0 fully saturated rings. The number of hydrogen-bond acceptors (Lipinski definition) is 3. The van der Waals surface area contributed by atoms with Gasteiger partial charge in [0.25, 0.3) is 0 Å². The first-order valence-corrected chi connectivity index (χ1v) is 6.99. The minimum absolute atomic E-state index is 0.230. The fraction of sp³-hybridized carbons (Fsp3) is 0.533. The highest BCUT2D eigenvalue weighted by molar-refractivity contribution is 6.31. The molecular formula is C15H22ClN3. The van der Waals surface area contributed by atoms with Crippen molar-refractivity contribution in [1.82, 2.24) is 5.32 Å². The zero-order valence-corrected chi connectivity index (χ0v) is 12.8. The van der Waals surface area contributed by atoms with Crippen LogP contribution < -0.4 is 10.2 Å². The molecule has 0 radical (unpaired) electrons. The molecule has 1 aromatic rings. The summed E-state index contributed by atoms with van der Waals surface area (Å²) in [6, 6.07) is 8.89. The zero-order valence-electron chi connectivity index (χ0n) is 12.1. The van der Waals surface area contributed by atoms with Gasteiger partial charge in [-0.25, -0.2) is 0 Å². The summed E-state index contributed by atoms with van der Waals surface area (Å²) in [7, 11) is 1.92. The van der Waals surface area contributed by atoms with Gasteiger partial charge >= 0.3 is 0 Å². The maximum atomic E-state index is 8.74. The van der Waals surface area contributed by atoms with Crippen LogP contribution >= 0.6 is 11.6 Å². The first-order valence-electron chi connectivity index (χ1n) is 6.61. The van der Waals surface area contributed by atoms with Gasteiger partial charge in [-0.05, 0) is 45.5 Å². The van der Waals surface area contributed by atoms with E-state index in [2.05, 4.69) is 49.2 Å². The Balaban J connectivity index is 3.00. The molecule has 0 aliphatic heterocycles. The summed E-state index contributed by atoms with van der Waals surface area (Å²) in [5.74, 6) is 0. The number of nitriles is 1. The van der Waals surface area contributed by atoms with Gasteiger partial charge in [-0.3, -0.25) is 0 Å². The van der Waals surface area contributed by atoms with E-state index in [-0.39, 0.29) is 6.04 Å². The highest BCUT2D eigenvalue weighted by Crippen LogP contribution is 2.28. The molecule has 0 aromatic heterocycles. The van der Waals surface area contributed by atoms with Crippen LogP contribution in [0.5, 0.6) is 0 Å². The Morgan fingerprint density at radius 2 is 2.05 bits per heavy atom. The molecule has 1 atom stereocenters. The van der Waals surface area contributed by atoms with Gasteiger partial charge in [-0.1, -0.05) is 17.7 Å². The smallest absolute Gasteiger partial charge is 0.0640 e. The standard InChI is InChI=1S/C15H22ClN3/c1-11(2)19(9-5-8-17)13-6-7-14(12(3)18-4)15(16)10-13/h6-7,10-12,18H,5,9H2,1-4H3. The Morgan fingerprint density at radius 3 is 2.53 bits per heavy atom. The number of rotatable bonds is 6. The molecule has 0 aliphatic carbocycles. The fourth-order valence-electron chi connectivity index (χ4n) is 2.06. The van der Waals surface area contributed by atoms with Gasteiger partial charge in [-0.15, -0.1) is 0 Å². The Labute approximate surface area is 121 Å². The second-order valence-electron chi connectivity index (χ2n) is 4.91. The average molecular weight is 280 g/mol. The molecule has 0 saturated carbocycles. The number of benzene rings is 1. The molecular weight excluding hydrogens is 258 g/mol. The average Bonchev–Trinajstić information content (AvgIpc) is 2.38. The van der Waals surface area contributed by atoms with Gasteiger partial charge in [-0.2, -0.15) is 5.26 Å². The van der Waals surface area contributed by atoms with Crippen molar-refractivity contribution in [2.75, 3.05) is 18.5 Å². The molecule has 0 aliphatic rings. The van der Waals surface area contributed by atoms with Gasteiger partial charge in [0, 0.05) is 29.3 Å². The number of halogens is 1. The Kier molecular flexibility index (Phi) is 6.14. The van der Waals surface area contributed by atoms with Crippen LogP contribution in [-0.4, -0.2) is 19.6 Å². The normalized spacial score (nSPS) is 12.3. The zero-order chi connectivity index (χ0) is 14.4.